The molecule has 6 heteroatoms. The van der Waals surface area contributed by atoms with Crippen molar-refractivity contribution in [2.75, 3.05) is 18.8 Å². The Kier molecular flexibility index (Phi) is 4.36. The highest BCUT2D eigenvalue weighted by molar-refractivity contribution is 5.88. The van der Waals surface area contributed by atoms with Crippen LogP contribution in [-0.4, -0.2) is 32.8 Å². The molecule has 1 aliphatic rings. The maximum Gasteiger partial charge on any atom is 0.163 e. The van der Waals surface area contributed by atoms with Gasteiger partial charge in [-0.15, -0.1) is 0 Å². The molecule has 1 aromatic carbocycles. The lowest BCUT2D eigenvalue weighted by molar-refractivity contribution is 0.324. The molecule has 25 heavy (non-hydrogen) atoms. The van der Waals surface area contributed by atoms with E-state index in [4.69, 9.17) is 10.8 Å². The second kappa shape index (κ2) is 6.80. The van der Waals surface area contributed by atoms with Crippen molar-refractivity contribution in [1.82, 2.24) is 25.1 Å². The number of hydrogen-bond acceptors (Lipinski definition) is 5. The predicted octanol–water partition coefficient (Wildman–Crippen LogP) is 2.31. The van der Waals surface area contributed by atoms with Crippen LogP contribution < -0.4 is 11.1 Å². The van der Waals surface area contributed by atoms with Gasteiger partial charge in [0.2, 0.25) is 0 Å². The van der Waals surface area contributed by atoms with Crippen molar-refractivity contribution in [2.45, 2.75) is 32.7 Å². The van der Waals surface area contributed by atoms with Gasteiger partial charge in [0.25, 0.3) is 0 Å². The Morgan fingerprint density at radius 3 is 2.88 bits per heavy atom. The van der Waals surface area contributed by atoms with Crippen molar-refractivity contribution >= 4 is 16.9 Å². The van der Waals surface area contributed by atoms with Gasteiger partial charge in [-0.2, -0.15) is 5.10 Å². The van der Waals surface area contributed by atoms with E-state index in [2.05, 4.69) is 46.5 Å². The van der Waals surface area contributed by atoms with Crippen LogP contribution in [0.4, 0.5) is 5.82 Å². The maximum absolute atomic E-state index is 6.17. The summed E-state index contributed by atoms with van der Waals surface area (Å²) in [7, 11) is 0. The van der Waals surface area contributed by atoms with Crippen molar-refractivity contribution in [3.63, 3.8) is 0 Å². The zero-order valence-corrected chi connectivity index (χ0v) is 14.6. The summed E-state index contributed by atoms with van der Waals surface area (Å²) in [6.07, 6.45) is 4.63. The summed E-state index contributed by atoms with van der Waals surface area (Å²) < 4.78 is 2.04. The number of aromatic nitrogens is 4. The molecule has 2 aromatic heterocycles. The number of rotatable bonds is 4. The number of benzene rings is 1. The molecule has 0 atom stereocenters. The monoisotopic (exact) mass is 336 g/mol. The molecule has 0 bridgehead atoms. The van der Waals surface area contributed by atoms with Gasteiger partial charge in [0, 0.05) is 13.0 Å². The molecule has 4 rings (SSSR count). The molecule has 3 heterocycles. The van der Waals surface area contributed by atoms with Gasteiger partial charge in [0.1, 0.15) is 12.1 Å². The second-order valence-electron chi connectivity index (χ2n) is 6.95. The first-order valence-corrected chi connectivity index (χ1v) is 8.93. The number of fused-ring (bicyclic) bond motifs is 1. The van der Waals surface area contributed by atoms with E-state index in [-0.39, 0.29) is 0 Å². The van der Waals surface area contributed by atoms with Crippen molar-refractivity contribution < 1.29 is 0 Å². The predicted molar refractivity (Wildman–Crippen MR) is 99.3 cm³/mol. The van der Waals surface area contributed by atoms with Crippen LogP contribution in [0, 0.1) is 12.8 Å². The average molecular weight is 336 g/mol. The highest BCUT2D eigenvalue weighted by Gasteiger charge is 2.20. The van der Waals surface area contributed by atoms with Gasteiger partial charge >= 0.3 is 0 Å². The first-order valence-electron chi connectivity index (χ1n) is 8.93. The Hall–Kier alpha value is -2.47. The molecule has 1 saturated heterocycles. The molecule has 1 aliphatic heterocycles. The van der Waals surface area contributed by atoms with Crippen LogP contribution >= 0.6 is 0 Å². The molecule has 0 radical (unpaired) electrons. The SMILES string of the molecule is Cc1cccc(Cc2nn(CC3CCNCC3)c3ncnc(N)c23)c1. The number of hydrogen-bond donors (Lipinski definition) is 2. The number of nitrogens with zero attached hydrogens (tertiary/aromatic N) is 4. The van der Waals surface area contributed by atoms with E-state index in [9.17, 15) is 0 Å². The van der Waals surface area contributed by atoms with Crippen LogP contribution in [0.2, 0.25) is 0 Å². The normalized spacial score (nSPS) is 15.7. The van der Waals surface area contributed by atoms with Crippen molar-refractivity contribution in [2.24, 2.45) is 5.92 Å². The summed E-state index contributed by atoms with van der Waals surface area (Å²) in [4.78, 5) is 8.67. The molecular weight excluding hydrogens is 312 g/mol. The van der Waals surface area contributed by atoms with E-state index >= 15 is 0 Å². The van der Waals surface area contributed by atoms with Gasteiger partial charge in [0.15, 0.2) is 5.65 Å². The molecule has 0 spiro atoms. The van der Waals surface area contributed by atoms with E-state index < -0.39 is 0 Å². The van der Waals surface area contributed by atoms with Crippen molar-refractivity contribution in [3.8, 4) is 0 Å². The number of nitrogens with two attached hydrogens (primary N) is 1. The highest BCUT2D eigenvalue weighted by Crippen LogP contribution is 2.25. The van der Waals surface area contributed by atoms with Crippen LogP contribution in [0.1, 0.15) is 29.7 Å². The van der Waals surface area contributed by atoms with Gasteiger partial charge < -0.3 is 11.1 Å². The van der Waals surface area contributed by atoms with Gasteiger partial charge in [-0.3, -0.25) is 0 Å². The lowest BCUT2D eigenvalue weighted by atomic mass is 9.98. The fourth-order valence-electron chi connectivity index (χ4n) is 3.68. The Labute approximate surface area is 147 Å². The Morgan fingerprint density at radius 2 is 2.08 bits per heavy atom. The van der Waals surface area contributed by atoms with E-state index in [1.54, 1.807) is 0 Å². The molecular formula is C19H24N6. The fourth-order valence-corrected chi connectivity index (χ4v) is 3.68. The van der Waals surface area contributed by atoms with E-state index in [1.807, 2.05) is 4.68 Å². The zero-order valence-electron chi connectivity index (χ0n) is 14.6. The smallest absolute Gasteiger partial charge is 0.163 e. The Bertz CT molecular complexity index is 879. The fraction of sp³-hybridized carbons (Fsp3) is 0.421. The average Bonchev–Trinajstić information content (AvgIpc) is 2.95. The van der Waals surface area contributed by atoms with Gasteiger partial charge in [-0.25, -0.2) is 14.6 Å². The molecule has 0 saturated carbocycles. The van der Waals surface area contributed by atoms with Crippen LogP contribution in [0.25, 0.3) is 11.0 Å². The first-order chi connectivity index (χ1) is 12.2. The van der Waals surface area contributed by atoms with E-state index in [0.717, 1.165) is 42.8 Å². The lowest BCUT2D eigenvalue weighted by Gasteiger charge is -2.22. The Morgan fingerprint density at radius 1 is 1.24 bits per heavy atom. The third-order valence-corrected chi connectivity index (χ3v) is 4.97. The minimum atomic E-state index is 0.518. The standard InChI is InChI=1S/C19H24N6/c1-13-3-2-4-15(9-13)10-16-17-18(20)22-12-23-19(17)25(24-16)11-14-5-7-21-8-6-14/h2-4,9,12,14,21H,5-8,10-11H2,1H3,(H2,20,22,23). The Balaban J connectivity index is 1.70. The lowest BCUT2D eigenvalue weighted by Crippen LogP contribution is -2.30. The van der Waals surface area contributed by atoms with Crippen molar-refractivity contribution in [3.05, 3.63) is 47.4 Å². The summed E-state index contributed by atoms with van der Waals surface area (Å²) in [5.74, 6) is 1.15. The van der Waals surface area contributed by atoms with Crippen LogP contribution in [0.3, 0.4) is 0 Å². The summed E-state index contributed by atoms with van der Waals surface area (Å²) in [5.41, 5.74) is 10.5. The number of nitrogens with one attached hydrogen (secondary N) is 1. The van der Waals surface area contributed by atoms with E-state index in [1.165, 1.54) is 30.3 Å². The zero-order chi connectivity index (χ0) is 17.2. The molecule has 1 fully saturated rings. The number of aryl methyl sites for hydroxylation is 1. The summed E-state index contributed by atoms with van der Waals surface area (Å²) in [6, 6.07) is 8.51. The first kappa shape index (κ1) is 16.0. The molecule has 0 unspecified atom stereocenters. The third kappa shape index (κ3) is 3.35. The maximum atomic E-state index is 6.17. The van der Waals surface area contributed by atoms with E-state index in [0.29, 0.717) is 11.7 Å². The minimum Gasteiger partial charge on any atom is -0.383 e. The molecule has 6 nitrogen and oxygen atoms in total. The molecule has 0 aliphatic carbocycles. The van der Waals surface area contributed by atoms with Crippen LogP contribution in [-0.2, 0) is 13.0 Å². The topological polar surface area (TPSA) is 81.7 Å². The van der Waals surface area contributed by atoms with Gasteiger partial charge in [0.05, 0.1) is 11.1 Å². The molecule has 3 N–H and O–H groups in total. The quantitative estimate of drug-likeness (QED) is 0.764. The number of anilines is 1. The summed E-state index contributed by atoms with van der Waals surface area (Å²) in [6.45, 7) is 5.16. The van der Waals surface area contributed by atoms with Gasteiger partial charge in [-0.1, -0.05) is 29.8 Å². The third-order valence-electron chi connectivity index (χ3n) is 4.97. The van der Waals surface area contributed by atoms with Gasteiger partial charge in [-0.05, 0) is 44.3 Å². The summed E-state index contributed by atoms with van der Waals surface area (Å²) in [5, 5.41) is 9.20. The number of nitrogen functional groups attached to an aromatic ring is 1. The molecule has 130 valence electrons. The van der Waals surface area contributed by atoms with Crippen LogP contribution in [0.5, 0.6) is 0 Å². The largest absolute Gasteiger partial charge is 0.383 e. The van der Waals surface area contributed by atoms with Crippen molar-refractivity contribution in [1.29, 1.82) is 0 Å². The second-order valence-corrected chi connectivity index (χ2v) is 6.95. The van der Waals surface area contributed by atoms with Crippen LogP contribution in [0.15, 0.2) is 30.6 Å². The molecule has 0 amide bonds. The molecule has 3 aromatic rings. The number of piperidine rings is 1. The minimum absolute atomic E-state index is 0.518. The highest BCUT2D eigenvalue weighted by atomic mass is 15.3. The summed E-state index contributed by atoms with van der Waals surface area (Å²) >= 11 is 0.